The fourth-order valence-corrected chi connectivity index (χ4v) is 4.98. The van der Waals surface area contributed by atoms with Gasteiger partial charge in [0.1, 0.15) is 0 Å². The molecule has 0 unspecified atom stereocenters. The zero-order chi connectivity index (χ0) is 22.6. The first kappa shape index (κ1) is 21.9. The number of piperazine rings is 1. The molecular formula is C23H23N3O5S. The van der Waals surface area contributed by atoms with E-state index >= 15 is 0 Å². The van der Waals surface area contributed by atoms with Gasteiger partial charge in [0.2, 0.25) is 15.9 Å². The molecule has 0 N–H and O–H groups in total. The Kier molecular flexibility index (Phi) is 6.44. The van der Waals surface area contributed by atoms with Crippen molar-refractivity contribution in [3.8, 4) is 17.6 Å². The molecule has 0 radical (unpaired) electrons. The summed E-state index contributed by atoms with van der Waals surface area (Å²) in [4.78, 5) is 14.4. The number of nitrogens with zero attached hydrogens (tertiary/aromatic N) is 3. The van der Waals surface area contributed by atoms with Crippen molar-refractivity contribution in [3.63, 3.8) is 0 Å². The molecule has 0 bridgehead atoms. The highest BCUT2D eigenvalue weighted by atomic mass is 32.2. The Morgan fingerprint density at radius 1 is 0.969 bits per heavy atom. The fourth-order valence-electron chi connectivity index (χ4n) is 3.56. The predicted octanol–water partition coefficient (Wildman–Crippen LogP) is 2.27. The lowest BCUT2D eigenvalue weighted by Gasteiger charge is -2.33. The fraction of sp³-hybridized carbons (Fsp3) is 0.304. The maximum atomic E-state index is 12.8. The number of ether oxygens (including phenoxy) is 2. The number of carbonyl (C=O) groups excluding carboxylic acids is 1. The Balaban J connectivity index is 1.36. The summed E-state index contributed by atoms with van der Waals surface area (Å²) in [7, 11) is -3.66. The zero-order valence-electron chi connectivity index (χ0n) is 17.4. The molecule has 0 spiro atoms. The molecule has 2 aliphatic heterocycles. The second-order valence-electron chi connectivity index (χ2n) is 7.46. The van der Waals surface area contributed by atoms with E-state index in [9.17, 15) is 13.2 Å². The van der Waals surface area contributed by atoms with E-state index in [0.29, 0.717) is 43.4 Å². The van der Waals surface area contributed by atoms with Crippen LogP contribution in [-0.4, -0.2) is 62.9 Å². The van der Waals surface area contributed by atoms with Crippen LogP contribution in [0.1, 0.15) is 17.5 Å². The van der Waals surface area contributed by atoms with Gasteiger partial charge in [0.05, 0.1) is 29.7 Å². The molecule has 32 heavy (non-hydrogen) atoms. The maximum Gasteiger partial charge on any atom is 0.246 e. The van der Waals surface area contributed by atoms with Gasteiger partial charge in [0.25, 0.3) is 0 Å². The average Bonchev–Trinajstić information content (AvgIpc) is 3.07. The normalized spacial score (nSPS) is 17.0. The SMILES string of the molecule is N#Cc1ccc(S(=O)(=O)N2CCN(C(=O)/C=C/c3ccc4c(c3)OCCCO4)CC2)cc1. The van der Waals surface area contributed by atoms with Gasteiger partial charge in [0, 0.05) is 38.7 Å². The average molecular weight is 454 g/mol. The number of amides is 1. The van der Waals surface area contributed by atoms with Crippen molar-refractivity contribution in [2.45, 2.75) is 11.3 Å². The molecule has 1 saturated heterocycles. The first-order valence-electron chi connectivity index (χ1n) is 10.3. The van der Waals surface area contributed by atoms with Crippen molar-refractivity contribution in [1.82, 2.24) is 9.21 Å². The smallest absolute Gasteiger partial charge is 0.246 e. The van der Waals surface area contributed by atoms with E-state index in [0.717, 1.165) is 12.0 Å². The minimum Gasteiger partial charge on any atom is -0.490 e. The summed E-state index contributed by atoms with van der Waals surface area (Å²) in [5.41, 5.74) is 1.23. The molecular weight excluding hydrogens is 430 g/mol. The second kappa shape index (κ2) is 9.42. The number of hydrogen-bond acceptors (Lipinski definition) is 6. The predicted molar refractivity (Wildman–Crippen MR) is 118 cm³/mol. The largest absolute Gasteiger partial charge is 0.490 e. The van der Waals surface area contributed by atoms with Gasteiger partial charge in [-0.05, 0) is 48.0 Å². The highest BCUT2D eigenvalue weighted by Gasteiger charge is 2.29. The van der Waals surface area contributed by atoms with Crippen molar-refractivity contribution in [3.05, 3.63) is 59.7 Å². The van der Waals surface area contributed by atoms with E-state index in [2.05, 4.69) is 0 Å². The molecule has 0 saturated carbocycles. The molecule has 166 valence electrons. The number of fused-ring (bicyclic) bond motifs is 1. The Hall–Kier alpha value is -3.35. The molecule has 2 aliphatic rings. The molecule has 1 fully saturated rings. The van der Waals surface area contributed by atoms with Gasteiger partial charge in [-0.3, -0.25) is 4.79 Å². The molecule has 0 atom stereocenters. The molecule has 9 heteroatoms. The first-order valence-corrected chi connectivity index (χ1v) is 11.8. The number of hydrogen-bond donors (Lipinski definition) is 0. The van der Waals surface area contributed by atoms with Crippen LogP contribution in [-0.2, 0) is 14.8 Å². The van der Waals surface area contributed by atoms with Crippen molar-refractivity contribution in [2.24, 2.45) is 0 Å². The van der Waals surface area contributed by atoms with Gasteiger partial charge < -0.3 is 14.4 Å². The van der Waals surface area contributed by atoms with Crippen LogP contribution >= 0.6 is 0 Å². The lowest BCUT2D eigenvalue weighted by atomic mass is 10.2. The van der Waals surface area contributed by atoms with Crippen LogP contribution < -0.4 is 9.47 Å². The molecule has 0 aliphatic carbocycles. The van der Waals surface area contributed by atoms with Gasteiger partial charge in [-0.15, -0.1) is 0 Å². The summed E-state index contributed by atoms with van der Waals surface area (Å²) < 4.78 is 38.3. The first-order chi connectivity index (χ1) is 15.5. The van der Waals surface area contributed by atoms with Crippen LogP contribution in [0.15, 0.2) is 53.4 Å². The van der Waals surface area contributed by atoms with Crippen LogP contribution in [0.2, 0.25) is 0 Å². The van der Waals surface area contributed by atoms with Crippen LogP contribution in [0, 0.1) is 11.3 Å². The van der Waals surface area contributed by atoms with Gasteiger partial charge in [-0.1, -0.05) is 6.07 Å². The minimum atomic E-state index is -3.66. The molecule has 4 rings (SSSR count). The Bertz CT molecular complexity index is 1160. The summed E-state index contributed by atoms with van der Waals surface area (Å²) in [6.07, 6.45) is 4.03. The molecule has 8 nitrogen and oxygen atoms in total. The van der Waals surface area contributed by atoms with Crippen LogP contribution in [0.5, 0.6) is 11.5 Å². The van der Waals surface area contributed by atoms with Gasteiger partial charge in [-0.25, -0.2) is 8.42 Å². The van der Waals surface area contributed by atoms with Gasteiger partial charge >= 0.3 is 0 Å². The second-order valence-corrected chi connectivity index (χ2v) is 9.39. The van der Waals surface area contributed by atoms with Gasteiger partial charge in [0.15, 0.2) is 11.5 Å². The van der Waals surface area contributed by atoms with E-state index in [1.807, 2.05) is 24.3 Å². The number of benzene rings is 2. The lowest BCUT2D eigenvalue weighted by Crippen LogP contribution is -2.50. The summed E-state index contributed by atoms with van der Waals surface area (Å²) in [5, 5.41) is 8.88. The van der Waals surface area contributed by atoms with Crippen LogP contribution in [0.4, 0.5) is 0 Å². The summed E-state index contributed by atoms with van der Waals surface area (Å²) >= 11 is 0. The maximum absolute atomic E-state index is 12.8. The quantitative estimate of drug-likeness (QED) is 0.659. The lowest BCUT2D eigenvalue weighted by molar-refractivity contribution is -0.127. The van der Waals surface area contributed by atoms with E-state index in [1.54, 1.807) is 11.0 Å². The van der Waals surface area contributed by atoms with Crippen molar-refractivity contribution >= 4 is 22.0 Å². The number of carbonyl (C=O) groups is 1. The number of sulfonamides is 1. The van der Waals surface area contributed by atoms with Crippen molar-refractivity contribution in [1.29, 1.82) is 5.26 Å². The summed E-state index contributed by atoms with van der Waals surface area (Å²) in [5.74, 6) is 1.19. The van der Waals surface area contributed by atoms with Crippen LogP contribution in [0.3, 0.4) is 0 Å². The highest BCUT2D eigenvalue weighted by molar-refractivity contribution is 7.89. The minimum absolute atomic E-state index is 0.144. The van der Waals surface area contributed by atoms with E-state index in [-0.39, 0.29) is 23.9 Å². The van der Waals surface area contributed by atoms with Gasteiger partial charge in [-0.2, -0.15) is 9.57 Å². The van der Waals surface area contributed by atoms with E-state index < -0.39 is 10.0 Å². The molecule has 2 aromatic rings. The summed E-state index contributed by atoms with van der Waals surface area (Å²) in [6.45, 7) is 2.25. The topological polar surface area (TPSA) is 99.9 Å². The van der Waals surface area contributed by atoms with Crippen molar-refractivity contribution in [2.75, 3.05) is 39.4 Å². The highest BCUT2D eigenvalue weighted by Crippen LogP contribution is 2.30. The Labute approximate surface area is 187 Å². The third kappa shape index (κ3) is 4.77. The third-order valence-electron chi connectivity index (χ3n) is 5.36. The zero-order valence-corrected chi connectivity index (χ0v) is 18.3. The number of rotatable bonds is 4. The molecule has 2 aromatic carbocycles. The van der Waals surface area contributed by atoms with Crippen LogP contribution in [0.25, 0.3) is 6.08 Å². The van der Waals surface area contributed by atoms with Crippen molar-refractivity contribution < 1.29 is 22.7 Å². The molecule has 1 amide bonds. The monoisotopic (exact) mass is 453 g/mol. The van der Waals surface area contributed by atoms with E-state index in [4.69, 9.17) is 14.7 Å². The number of nitriles is 1. The Morgan fingerprint density at radius 3 is 2.34 bits per heavy atom. The van der Waals surface area contributed by atoms with E-state index in [1.165, 1.54) is 34.6 Å². The Morgan fingerprint density at radius 2 is 1.66 bits per heavy atom. The molecule has 0 aromatic heterocycles. The third-order valence-corrected chi connectivity index (χ3v) is 7.27. The summed E-state index contributed by atoms with van der Waals surface area (Å²) in [6, 6.07) is 13.3. The standard InChI is InChI=1S/C23H23N3O5S/c24-17-19-2-6-20(7-3-19)32(28,29)26-12-10-25(11-13-26)23(27)9-5-18-4-8-21-22(16-18)31-15-1-14-30-21/h2-9,16H,1,10-15H2/b9-5+. The molecule has 2 heterocycles.